The van der Waals surface area contributed by atoms with E-state index in [1.807, 2.05) is 0 Å². The van der Waals surface area contributed by atoms with Crippen LogP contribution in [0.1, 0.15) is 226 Å². The summed E-state index contributed by atoms with van der Waals surface area (Å²) in [6.07, 6.45) is 66.9. The molecule has 0 aliphatic carbocycles. The Balaban J connectivity index is 4.64. The fourth-order valence-electron chi connectivity index (χ4n) is 7.80. The van der Waals surface area contributed by atoms with Gasteiger partial charge in [-0.15, -0.1) is 0 Å². The van der Waals surface area contributed by atoms with E-state index in [2.05, 4.69) is 142 Å². The molecule has 0 spiro atoms. The van der Waals surface area contributed by atoms with Gasteiger partial charge in [-0.1, -0.05) is 206 Å². The zero-order valence-corrected chi connectivity index (χ0v) is 54.0. The fraction of sp³-hybridized carbons (Fsp3) is 0.657. The van der Waals surface area contributed by atoms with Crippen molar-refractivity contribution in [1.29, 1.82) is 0 Å². The van der Waals surface area contributed by atoms with E-state index >= 15 is 0 Å². The predicted molar refractivity (Wildman–Crippen MR) is 343 cm³/mol. The number of unbranched alkanes of at least 4 members (excludes halogenated alkanes) is 16. The van der Waals surface area contributed by atoms with E-state index in [1.54, 1.807) is 0 Å². The fourth-order valence-corrected chi connectivity index (χ4v) is 9.39. The Labute approximate surface area is 512 Å². The number of esters is 3. The lowest BCUT2D eigenvalue weighted by Crippen LogP contribution is -2.30. The van der Waals surface area contributed by atoms with Crippen LogP contribution in [0.2, 0.25) is 0 Å². The zero-order chi connectivity index (χ0) is 62.4. The summed E-state index contributed by atoms with van der Waals surface area (Å²) in [6, 6.07) is 0. The summed E-state index contributed by atoms with van der Waals surface area (Å²) in [5.74, 6) is -1.64. The Kier molecular flexibility index (Phi) is 57.4. The van der Waals surface area contributed by atoms with E-state index in [0.717, 1.165) is 154 Å². The molecule has 0 aliphatic heterocycles. The standard InChI is InChI=1S/C67H112O16P2/c1-4-7-10-13-16-19-22-24-26-28-29-30-31-33-35-36-39-41-44-47-50-53-65(70)77-56-62(68)57-79-84(73,74)80-58-63(69)59-81-85(75,76)82-61-64(83-67(72)55-52-49-46-43-38-21-18-15-12-9-6-3)60-78-66(71)54-51-48-45-42-40-37-34-32-27-25-23-20-17-14-11-8-5-2/h7-8,10-11,15-20,24-27,29-30,33-35,37,62-64,68-69H,4-6,9,12-14,21-23,28,31-32,36,38-61H2,1-3H3,(H,73,74)(H,75,76)/b10-7-,11-8-,18-15-,19-16-,20-17-,26-24-,27-25-,30-29-,35-33-,37-34-. The van der Waals surface area contributed by atoms with Gasteiger partial charge < -0.3 is 34.2 Å². The van der Waals surface area contributed by atoms with Crippen molar-refractivity contribution < 1.29 is 75.8 Å². The minimum absolute atomic E-state index is 0.0849. The van der Waals surface area contributed by atoms with E-state index in [0.29, 0.717) is 19.3 Å². The first-order chi connectivity index (χ1) is 41.2. The molecule has 0 radical (unpaired) electrons. The van der Waals surface area contributed by atoms with Crippen molar-refractivity contribution >= 4 is 33.6 Å². The Bertz CT molecular complexity index is 2040. The number of hydrogen-bond donors (Lipinski definition) is 4. The van der Waals surface area contributed by atoms with Crippen LogP contribution >= 0.6 is 15.6 Å². The van der Waals surface area contributed by atoms with E-state index in [-0.39, 0.29) is 19.3 Å². The highest BCUT2D eigenvalue weighted by molar-refractivity contribution is 7.47. The molecule has 0 rings (SSSR count). The second-order valence-electron chi connectivity index (χ2n) is 20.8. The number of rotatable bonds is 59. The van der Waals surface area contributed by atoms with Gasteiger partial charge >= 0.3 is 33.6 Å². The van der Waals surface area contributed by atoms with Gasteiger partial charge in [-0.25, -0.2) is 9.13 Å². The number of carbonyl (C=O) groups is 3. The summed E-state index contributed by atoms with van der Waals surface area (Å²) in [5, 5.41) is 20.5. The third-order valence-electron chi connectivity index (χ3n) is 12.7. The van der Waals surface area contributed by atoms with E-state index < -0.39 is 91.5 Å². The second-order valence-corrected chi connectivity index (χ2v) is 23.7. The summed E-state index contributed by atoms with van der Waals surface area (Å²) < 4.78 is 60.6. The van der Waals surface area contributed by atoms with Gasteiger partial charge in [-0.05, 0) is 122 Å². The Morgan fingerprint density at radius 1 is 0.341 bits per heavy atom. The van der Waals surface area contributed by atoms with Crippen molar-refractivity contribution in [2.24, 2.45) is 0 Å². The van der Waals surface area contributed by atoms with Crippen molar-refractivity contribution in [3.05, 3.63) is 122 Å². The number of phosphoric acid groups is 2. The number of ether oxygens (including phenoxy) is 3. The molecule has 85 heavy (non-hydrogen) atoms. The molecule has 5 atom stereocenters. The van der Waals surface area contributed by atoms with Gasteiger partial charge in [-0.2, -0.15) is 0 Å². The van der Waals surface area contributed by atoms with Crippen molar-refractivity contribution in [3.63, 3.8) is 0 Å². The molecule has 486 valence electrons. The average Bonchev–Trinajstić information content (AvgIpc) is 3.60. The molecule has 0 amide bonds. The first-order valence-corrected chi connectivity index (χ1v) is 34.8. The van der Waals surface area contributed by atoms with Crippen molar-refractivity contribution in [1.82, 2.24) is 0 Å². The first-order valence-electron chi connectivity index (χ1n) is 31.8. The van der Waals surface area contributed by atoms with Gasteiger partial charge in [0.2, 0.25) is 0 Å². The molecular formula is C67H112O16P2. The van der Waals surface area contributed by atoms with Gasteiger partial charge in [0.25, 0.3) is 0 Å². The lowest BCUT2D eigenvalue weighted by molar-refractivity contribution is -0.161. The van der Waals surface area contributed by atoms with Crippen LogP contribution < -0.4 is 0 Å². The van der Waals surface area contributed by atoms with Gasteiger partial charge in [0, 0.05) is 19.3 Å². The number of phosphoric ester groups is 2. The lowest BCUT2D eigenvalue weighted by Gasteiger charge is -2.21. The summed E-state index contributed by atoms with van der Waals surface area (Å²) in [6.45, 7) is 2.30. The highest BCUT2D eigenvalue weighted by atomic mass is 31.2. The van der Waals surface area contributed by atoms with Crippen LogP contribution in [0.4, 0.5) is 0 Å². The molecule has 0 bridgehead atoms. The number of allylic oxidation sites excluding steroid dienone is 20. The van der Waals surface area contributed by atoms with Crippen LogP contribution in [0, 0.1) is 0 Å². The van der Waals surface area contributed by atoms with Crippen LogP contribution in [0.5, 0.6) is 0 Å². The first kappa shape index (κ1) is 81.0. The topological polar surface area (TPSA) is 231 Å². The van der Waals surface area contributed by atoms with Gasteiger partial charge in [0.05, 0.1) is 26.4 Å². The molecule has 18 heteroatoms. The lowest BCUT2D eigenvalue weighted by atomic mass is 10.1. The van der Waals surface area contributed by atoms with Crippen LogP contribution in [-0.2, 0) is 55.8 Å². The maximum Gasteiger partial charge on any atom is 0.472 e. The van der Waals surface area contributed by atoms with Gasteiger partial charge in [-0.3, -0.25) is 32.5 Å². The SMILES string of the molecule is CC/C=C\C/C=C\C/C=C\C/C=C\C/C=C\CCCCCCCC(=O)OCC(O)COP(=O)(O)OCC(O)COP(=O)(O)OCC(COC(=O)CCCCCC/C=C\C/C=C\C/C=C\C/C=C\CC)OC(=O)CCCCCCC/C=C\CCCC. The monoisotopic (exact) mass is 1230 g/mol. The van der Waals surface area contributed by atoms with Gasteiger partial charge in [0.1, 0.15) is 25.4 Å². The molecule has 16 nitrogen and oxygen atoms in total. The van der Waals surface area contributed by atoms with Crippen LogP contribution in [0.15, 0.2) is 122 Å². The average molecular weight is 1240 g/mol. The molecule has 5 unspecified atom stereocenters. The number of aliphatic hydroxyl groups excluding tert-OH is 2. The summed E-state index contributed by atoms with van der Waals surface area (Å²) in [5.41, 5.74) is 0. The molecule has 4 N–H and O–H groups in total. The molecule has 0 aromatic carbocycles. The molecule has 0 saturated carbocycles. The second kappa shape index (κ2) is 60.2. The predicted octanol–water partition coefficient (Wildman–Crippen LogP) is 17.1. The van der Waals surface area contributed by atoms with Gasteiger partial charge in [0.15, 0.2) is 6.10 Å². The highest BCUT2D eigenvalue weighted by Gasteiger charge is 2.29. The van der Waals surface area contributed by atoms with E-state index in [1.165, 1.54) is 12.8 Å². The third-order valence-corrected chi connectivity index (χ3v) is 14.6. The highest BCUT2D eigenvalue weighted by Crippen LogP contribution is 2.45. The maximum absolute atomic E-state index is 12.8. The zero-order valence-electron chi connectivity index (χ0n) is 52.2. The van der Waals surface area contributed by atoms with Crippen LogP contribution in [0.25, 0.3) is 0 Å². The number of hydrogen-bond acceptors (Lipinski definition) is 14. The molecule has 0 aliphatic rings. The van der Waals surface area contributed by atoms with Crippen LogP contribution in [0.3, 0.4) is 0 Å². The molecule has 0 saturated heterocycles. The van der Waals surface area contributed by atoms with Crippen molar-refractivity contribution in [2.75, 3.05) is 39.6 Å². The van der Waals surface area contributed by atoms with E-state index in [4.69, 9.17) is 32.3 Å². The quantitative estimate of drug-likeness (QED) is 0.0146. The smallest absolute Gasteiger partial charge is 0.463 e. The van der Waals surface area contributed by atoms with Crippen LogP contribution in [-0.4, -0.2) is 95.9 Å². The number of aliphatic hydroxyl groups is 2. The molecule has 0 fully saturated rings. The molecule has 0 aromatic heterocycles. The Hall–Kier alpha value is -4.05. The van der Waals surface area contributed by atoms with E-state index in [9.17, 15) is 43.5 Å². The molecule has 0 heterocycles. The molecule has 0 aromatic rings. The summed E-state index contributed by atoms with van der Waals surface area (Å²) in [4.78, 5) is 58.2. The maximum atomic E-state index is 12.8. The minimum Gasteiger partial charge on any atom is -0.463 e. The van der Waals surface area contributed by atoms with Crippen molar-refractivity contribution in [3.8, 4) is 0 Å². The minimum atomic E-state index is -4.93. The third kappa shape index (κ3) is 61.4. The largest absolute Gasteiger partial charge is 0.472 e. The number of carbonyl (C=O) groups excluding carboxylic acids is 3. The normalized spacial score (nSPS) is 15.1. The summed E-state index contributed by atoms with van der Waals surface area (Å²) >= 11 is 0. The Morgan fingerprint density at radius 2 is 0.624 bits per heavy atom. The molecular weight excluding hydrogens is 1120 g/mol. The van der Waals surface area contributed by atoms with Crippen molar-refractivity contribution in [2.45, 2.75) is 245 Å². The Morgan fingerprint density at radius 3 is 1.00 bits per heavy atom. The summed E-state index contributed by atoms with van der Waals surface area (Å²) in [7, 11) is -9.78.